The Morgan fingerprint density at radius 1 is 1.43 bits per heavy atom. The highest BCUT2D eigenvalue weighted by atomic mass is 32.1. The van der Waals surface area contributed by atoms with Gasteiger partial charge in [-0.1, -0.05) is 6.07 Å². The van der Waals surface area contributed by atoms with Crippen molar-refractivity contribution in [2.75, 3.05) is 32.1 Å². The van der Waals surface area contributed by atoms with Gasteiger partial charge in [-0.05, 0) is 36.9 Å². The van der Waals surface area contributed by atoms with Crippen LogP contribution < -0.4 is 4.90 Å². The van der Waals surface area contributed by atoms with Crippen LogP contribution in [0, 0.1) is 6.92 Å². The topological polar surface area (TPSA) is 36.4 Å². The van der Waals surface area contributed by atoms with Gasteiger partial charge in [0.1, 0.15) is 0 Å². The fourth-order valence-corrected chi connectivity index (χ4v) is 3.74. The number of nitrogens with zero attached hydrogens (tertiary/aromatic N) is 3. The van der Waals surface area contributed by atoms with E-state index in [2.05, 4.69) is 17.0 Å². The van der Waals surface area contributed by atoms with Gasteiger partial charge in [-0.2, -0.15) is 0 Å². The molecule has 0 aliphatic carbocycles. The van der Waals surface area contributed by atoms with Crippen LogP contribution in [0.1, 0.15) is 28.6 Å². The van der Waals surface area contributed by atoms with Gasteiger partial charge in [0.15, 0.2) is 0 Å². The maximum Gasteiger partial charge on any atom is 0.227 e. The average Bonchev–Trinajstić information content (AvgIpc) is 3.17. The molecule has 122 valence electrons. The van der Waals surface area contributed by atoms with E-state index in [-0.39, 0.29) is 5.91 Å². The SMILES string of the molecule is Cc1cc(N(C)C)cc(C2CCN(C(=O)Cc3cccs3)C2)n1. The first-order chi connectivity index (χ1) is 11.0. The average molecular weight is 329 g/mol. The Bertz CT molecular complexity index is 682. The Balaban J connectivity index is 1.68. The summed E-state index contributed by atoms with van der Waals surface area (Å²) < 4.78 is 0. The molecule has 0 bridgehead atoms. The van der Waals surface area contributed by atoms with Gasteiger partial charge in [-0.3, -0.25) is 9.78 Å². The standard InChI is InChI=1S/C18H23N3OS/c1-13-9-15(20(2)3)10-17(19-13)14-6-7-21(12-14)18(22)11-16-5-4-8-23-16/h4-5,8-10,14H,6-7,11-12H2,1-3H3. The smallest absolute Gasteiger partial charge is 0.227 e. The highest BCUT2D eigenvalue weighted by Gasteiger charge is 2.28. The number of anilines is 1. The molecule has 5 heteroatoms. The zero-order valence-corrected chi connectivity index (χ0v) is 14.8. The van der Waals surface area contributed by atoms with E-state index in [1.165, 1.54) is 5.69 Å². The number of amides is 1. The van der Waals surface area contributed by atoms with Crippen molar-refractivity contribution in [2.45, 2.75) is 25.7 Å². The van der Waals surface area contributed by atoms with Gasteiger partial charge in [0, 0.05) is 55.1 Å². The predicted molar refractivity (Wildman–Crippen MR) is 95.3 cm³/mol. The first kappa shape index (κ1) is 16.0. The second kappa shape index (κ2) is 6.71. The lowest BCUT2D eigenvalue weighted by molar-refractivity contribution is -0.129. The van der Waals surface area contributed by atoms with E-state index in [4.69, 9.17) is 4.98 Å². The van der Waals surface area contributed by atoms with E-state index >= 15 is 0 Å². The molecule has 2 aromatic heterocycles. The minimum absolute atomic E-state index is 0.232. The van der Waals surface area contributed by atoms with E-state index in [0.717, 1.165) is 35.8 Å². The molecule has 0 saturated carbocycles. The summed E-state index contributed by atoms with van der Waals surface area (Å²) in [7, 11) is 4.09. The van der Waals surface area contributed by atoms with Crippen molar-refractivity contribution in [1.82, 2.24) is 9.88 Å². The van der Waals surface area contributed by atoms with Crippen LogP contribution in [0.4, 0.5) is 5.69 Å². The van der Waals surface area contributed by atoms with Crippen molar-refractivity contribution in [3.05, 3.63) is 45.9 Å². The largest absolute Gasteiger partial charge is 0.378 e. The molecule has 1 aliphatic heterocycles. The van der Waals surface area contributed by atoms with Crippen LogP contribution in [0.15, 0.2) is 29.6 Å². The van der Waals surface area contributed by atoms with Crippen LogP contribution in [-0.2, 0) is 11.2 Å². The van der Waals surface area contributed by atoms with Crippen LogP contribution in [0.5, 0.6) is 0 Å². The highest BCUT2D eigenvalue weighted by Crippen LogP contribution is 2.29. The normalized spacial score (nSPS) is 17.5. The lowest BCUT2D eigenvalue weighted by Gasteiger charge is -2.18. The highest BCUT2D eigenvalue weighted by molar-refractivity contribution is 7.10. The Hall–Kier alpha value is -1.88. The minimum atomic E-state index is 0.232. The lowest BCUT2D eigenvalue weighted by Crippen LogP contribution is -2.29. The third kappa shape index (κ3) is 3.72. The van der Waals surface area contributed by atoms with Gasteiger partial charge in [0.05, 0.1) is 6.42 Å². The lowest BCUT2D eigenvalue weighted by atomic mass is 10.0. The Morgan fingerprint density at radius 3 is 2.96 bits per heavy atom. The molecular formula is C18H23N3OS. The summed E-state index contributed by atoms with van der Waals surface area (Å²) in [5.74, 6) is 0.580. The van der Waals surface area contributed by atoms with Crippen LogP contribution in [0.3, 0.4) is 0 Å². The van der Waals surface area contributed by atoms with Crippen LogP contribution >= 0.6 is 11.3 Å². The molecule has 0 aromatic carbocycles. The number of aromatic nitrogens is 1. The molecule has 2 aromatic rings. The van der Waals surface area contributed by atoms with Gasteiger partial charge in [-0.25, -0.2) is 0 Å². The van der Waals surface area contributed by atoms with Gasteiger partial charge in [0.25, 0.3) is 0 Å². The Morgan fingerprint density at radius 2 is 2.26 bits per heavy atom. The molecule has 0 radical (unpaired) electrons. The summed E-state index contributed by atoms with van der Waals surface area (Å²) in [4.78, 5) is 22.4. The predicted octanol–water partition coefficient (Wildman–Crippen LogP) is 3.08. The number of carbonyl (C=O) groups is 1. The molecule has 3 rings (SSSR count). The van der Waals surface area contributed by atoms with E-state index in [9.17, 15) is 4.79 Å². The Kier molecular flexibility index (Phi) is 4.66. The second-order valence-electron chi connectivity index (χ2n) is 6.37. The summed E-state index contributed by atoms with van der Waals surface area (Å²) in [5.41, 5.74) is 3.32. The third-order valence-corrected chi connectivity index (χ3v) is 5.22. The summed E-state index contributed by atoms with van der Waals surface area (Å²) in [6.07, 6.45) is 1.52. The van der Waals surface area contributed by atoms with Crippen molar-refractivity contribution in [1.29, 1.82) is 0 Å². The number of carbonyl (C=O) groups excluding carboxylic acids is 1. The summed E-state index contributed by atoms with van der Waals surface area (Å²) in [6.45, 7) is 3.65. The molecule has 1 aliphatic rings. The number of thiophene rings is 1. The van der Waals surface area contributed by atoms with E-state index < -0.39 is 0 Å². The van der Waals surface area contributed by atoms with E-state index in [1.807, 2.05) is 43.4 Å². The fraction of sp³-hybridized carbons (Fsp3) is 0.444. The molecule has 1 fully saturated rings. The van der Waals surface area contributed by atoms with Crippen molar-refractivity contribution in [3.63, 3.8) is 0 Å². The third-order valence-electron chi connectivity index (χ3n) is 4.34. The maximum atomic E-state index is 12.4. The van der Waals surface area contributed by atoms with Crippen molar-refractivity contribution in [3.8, 4) is 0 Å². The fourth-order valence-electron chi connectivity index (χ4n) is 3.04. The first-order valence-electron chi connectivity index (χ1n) is 7.99. The van der Waals surface area contributed by atoms with Gasteiger partial charge < -0.3 is 9.80 Å². The van der Waals surface area contributed by atoms with E-state index in [1.54, 1.807) is 11.3 Å². The first-order valence-corrected chi connectivity index (χ1v) is 8.87. The van der Waals surface area contributed by atoms with Crippen LogP contribution in [0.25, 0.3) is 0 Å². The number of aryl methyl sites for hydroxylation is 1. The minimum Gasteiger partial charge on any atom is -0.378 e. The molecule has 1 atom stereocenters. The number of hydrogen-bond acceptors (Lipinski definition) is 4. The summed E-state index contributed by atoms with van der Waals surface area (Å²) in [5, 5.41) is 2.02. The molecule has 1 unspecified atom stereocenters. The number of hydrogen-bond donors (Lipinski definition) is 0. The molecule has 23 heavy (non-hydrogen) atoms. The molecule has 4 nitrogen and oxygen atoms in total. The van der Waals surface area contributed by atoms with Crippen LogP contribution in [-0.4, -0.2) is 43.0 Å². The molecule has 3 heterocycles. The number of likely N-dealkylation sites (tertiary alicyclic amines) is 1. The second-order valence-corrected chi connectivity index (χ2v) is 7.40. The molecule has 1 saturated heterocycles. The zero-order chi connectivity index (χ0) is 16.4. The summed E-state index contributed by atoms with van der Waals surface area (Å²) in [6, 6.07) is 8.28. The zero-order valence-electron chi connectivity index (χ0n) is 14.0. The Labute approximate surface area is 141 Å². The maximum absolute atomic E-state index is 12.4. The van der Waals surface area contributed by atoms with Gasteiger partial charge in [-0.15, -0.1) is 11.3 Å². The van der Waals surface area contributed by atoms with Crippen molar-refractivity contribution < 1.29 is 4.79 Å². The van der Waals surface area contributed by atoms with E-state index in [0.29, 0.717) is 12.3 Å². The molecule has 1 amide bonds. The van der Waals surface area contributed by atoms with Crippen molar-refractivity contribution >= 4 is 22.9 Å². The summed E-state index contributed by atoms with van der Waals surface area (Å²) >= 11 is 1.65. The van der Waals surface area contributed by atoms with Crippen LogP contribution in [0.2, 0.25) is 0 Å². The van der Waals surface area contributed by atoms with Gasteiger partial charge >= 0.3 is 0 Å². The van der Waals surface area contributed by atoms with Crippen molar-refractivity contribution in [2.24, 2.45) is 0 Å². The van der Waals surface area contributed by atoms with Gasteiger partial charge in [0.2, 0.25) is 5.91 Å². The molecular weight excluding hydrogens is 306 g/mol. The molecule has 0 spiro atoms. The number of rotatable bonds is 4. The quantitative estimate of drug-likeness (QED) is 0.865. The monoisotopic (exact) mass is 329 g/mol. The molecule has 0 N–H and O–H groups in total. The number of pyridine rings is 1.